The van der Waals surface area contributed by atoms with Crippen molar-refractivity contribution in [2.75, 3.05) is 13.6 Å². The van der Waals surface area contributed by atoms with Gasteiger partial charge in [0, 0.05) is 18.2 Å². The number of likely N-dealkylation sites (N-methyl/N-ethyl adjacent to an activating group) is 1. The van der Waals surface area contributed by atoms with Crippen LogP contribution < -0.4 is 10.6 Å². The third-order valence-electron chi connectivity index (χ3n) is 5.08. The number of aliphatic hydroxyl groups is 1. The monoisotopic (exact) mass is 501 g/mol. The van der Waals surface area contributed by atoms with E-state index in [0.29, 0.717) is 5.56 Å². The van der Waals surface area contributed by atoms with E-state index in [4.69, 9.17) is 9.05 Å². The summed E-state index contributed by atoms with van der Waals surface area (Å²) >= 11 is 0. The lowest BCUT2D eigenvalue weighted by Crippen LogP contribution is -2.37. The molecule has 2 heterocycles. The van der Waals surface area contributed by atoms with Gasteiger partial charge >= 0.3 is 6.18 Å². The van der Waals surface area contributed by atoms with E-state index < -0.39 is 47.0 Å². The molecule has 2 amide bonds. The van der Waals surface area contributed by atoms with Crippen molar-refractivity contribution in [3.05, 3.63) is 65.7 Å². The molecule has 0 aliphatic rings. The smallest absolute Gasteiger partial charge is 0.378 e. The van der Waals surface area contributed by atoms with Gasteiger partial charge in [0.05, 0.1) is 6.54 Å². The molecule has 2 aromatic heterocycles. The van der Waals surface area contributed by atoms with Gasteiger partial charge in [-0.05, 0) is 5.56 Å². The lowest BCUT2D eigenvalue weighted by Gasteiger charge is -2.11. The molecule has 0 saturated carbocycles. The minimum absolute atomic E-state index is 0.0547. The van der Waals surface area contributed by atoms with Gasteiger partial charge in [-0.2, -0.15) is 18.2 Å². The van der Waals surface area contributed by atoms with Gasteiger partial charge in [0.15, 0.2) is 6.10 Å². The van der Waals surface area contributed by atoms with Crippen molar-refractivity contribution in [1.29, 1.82) is 0 Å². The lowest BCUT2D eigenvalue weighted by atomic mass is 10.1. The van der Waals surface area contributed by atoms with Crippen LogP contribution in [0.1, 0.15) is 17.2 Å². The van der Waals surface area contributed by atoms with Gasteiger partial charge in [0.25, 0.3) is 11.8 Å². The third-order valence-corrected chi connectivity index (χ3v) is 5.08. The Kier molecular flexibility index (Phi) is 6.83. The van der Waals surface area contributed by atoms with Crippen molar-refractivity contribution in [2.45, 2.75) is 12.3 Å². The van der Waals surface area contributed by atoms with Crippen molar-refractivity contribution in [3.8, 4) is 34.3 Å². The van der Waals surface area contributed by atoms with Gasteiger partial charge in [0.2, 0.25) is 17.5 Å². The van der Waals surface area contributed by atoms with Crippen LogP contribution in [0, 0.1) is 0 Å². The number of benzene rings is 2. The van der Waals surface area contributed by atoms with E-state index in [1.54, 1.807) is 18.2 Å². The molecule has 186 valence electrons. The summed E-state index contributed by atoms with van der Waals surface area (Å²) in [6.07, 6.45) is -6.37. The van der Waals surface area contributed by atoms with E-state index in [9.17, 15) is 27.9 Å². The molecular formula is C23H18F3N5O5. The molecule has 4 aromatic rings. The van der Waals surface area contributed by atoms with Gasteiger partial charge < -0.3 is 24.8 Å². The second-order valence-electron chi connectivity index (χ2n) is 7.44. The van der Waals surface area contributed by atoms with E-state index >= 15 is 0 Å². The van der Waals surface area contributed by atoms with E-state index in [1.807, 2.05) is 0 Å². The van der Waals surface area contributed by atoms with Crippen LogP contribution in [-0.4, -0.2) is 45.8 Å². The van der Waals surface area contributed by atoms with E-state index in [2.05, 4.69) is 25.9 Å². The summed E-state index contributed by atoms with van der Waals surface area (Å²) in [7, 11) is 1.40. The molecule has 4 rings (SSSR count). The minimum Gasteiger partial charge on any atom is -0.378 e. The van der Waals surface area contributed by atoms with Crippen LogP contribution in [0.3, 0.4) is 0 Å². The highest BCUT2D eigenvalue weighted by Gasteiger charge is 2.43. The number of aromatic nitrogens is 3. The summed E-state index contributed by atoms with van der Waals surface area (Å²) < 4.78 is 51.6. The van der Waals surface area contributed by atoms with Crippen LogP contribution >= 0.6 is 0 Å². The number of carbonyl (C=O) groups excluding carboxylic acids is 2. The lowest BCUT2D eigenvalue weighted by molar-refractivity contribution is -0.137. The molecule has 36 heavy (non-hydrogen) atoms. The summed E-state index contributed by atoms with van der Waals surface area (Å²) in [5.41, 5.74) is -0.814. The third kappa shape index (κ3) is 5.10. The molecular weight excluding hydrogens is 483 g/mol. The Morgan fingerprint density at radius 3 is 2.33 bits per heavy atom. The first-order valence-electron chi connectivity index (χ1n) is 10.4. The fourth-order valence-corrected chi connectivity index (χ4v) is 3.24. The summed E-state index contributed by atoms with van der Waals surface area (Å²) in [6, 6.07) is 13.4. The molecule has 0 saturated heterocycles. The number of alkyl halides is 3. The van der Waals surface area contributed by atoms with Crippen LogP contribution in [0.5, 0.6) is 0 Å². The highest BCUT2D eigenvalue weighted by atomic mass is 19.4. The van der Waals surface area contributed by atoms with Crippen molar-refractivity contribution in [2.24, 2.45) is 0 Å². The predicted octanol–water partition coefficient (Wildman–Crippen LogP) is 2.97. The average Bonchev–Trinajstić information content (AvgIpc) is 3.55. The Balaban J connectivity index is 1.57. The zero-order valence-electron chi connectivity index (χ0n) is 18.5. The first kappa shape index (κ1) is 24.6. The van der Waals surface area contributed by atoms with Crippen molar-refractivity contribution >= 4 is 11.8 Å². The molecule has 10 nitrogen and oxygen atoms in total. The number of hydrogen-bond donors (Lipinski definition) is 3. The number of rotatable bonds is 7. The number of nitrogens with zero attached hydrogens (tertiary/aromatic N) is 3. The quantitative estimate of drug-likeness (QED) is 0.351. The second-order valence-corrected chi connectivity index (χ2v) is 7.44. The maximum absolute atomic E-state index is 13.9. The Bertz CT molecular complexity index is 1370. The summed E-state index contributed by atoms with van der Waals surface area (Å²) in [4.78, 5) is 27.2. The Labute approximate surface area is 201 Å². The summed E-state index contributed by atoms with van der Waals surface area (Å²) in [5.74, 6) is -2.52. The fourth-order valence-electron chi connectivity index (χ4n) is 3.24. The number of halogens is 3. The van der Waals surface area contributed by atoms with E-state index in [0.717, 1.165) is 0 Å². The SMILES string of the molecule is CNC(=O)CNC(=O)[C@H](O)c1ccc(-c2noc(-c3onc(-c4ccccc4)c3C(F)(F)F)n2)cc1. The van der Waals surface area contributed by atoms with Gasteiger partial charge in [-0.3, -0.25) is 9.59 Å². The Morgan fingerprint density at radius 2 is 1.69 bits per heavy atom. The number of hydrogen-bond acceptors (Lipinski definition) is 8. The summed E-state index contributed by atoms with van der Waals surface area (Å²) in [6.45, 7) is -0.302. The van der Waals surface area contributed by atoms with Crippen molar-refractivity contribution in [3.63, 3.8) is 0 Å². The Hall–Kier alpha value is -4.52. The topological polar surface area (TPSA) is 143 Å². The van der Waals surface area contributed by atoms with E-state index in [1.165, 1.54) is 43.4 Å². The average molecular weight is 501 g/mol. The van der Waals surface area contributed by atoms with Crippen molar-refractivity contribution < 1.29 is 36.9 Å². The van der Waals surface area contributed by atoms with Crippen LogP contribution in [-0.2, 0) is 15.8 Å². The molecule has 13 heteroatoms. The maximum atomic E-state index is 13.9. The number of nitrogens with one attached hydrogen (secondary N) is 2. The molecule has 0 aliphatic carbocycles. The number of amides is 2. The highest BCUT2D eigenvalue weighted by Crippen LogP contribution is 2.43. The fraction of sp³-hybridized carbons (Fsp3) is 0.174. The standard InChI is InChI=1S/C23H18F3N5O5/c1-27-15(32)11-28-21(34)18(33)13-7-9-14(10-8-13)20-29-22(36-31-20)19-16(23(24,25)26)17(30-35-19)12-5-3-2-4-6-12/h2-10,18,33H,11H2,1H3,(H,27,32)(H,28,34)/t18-/m1/s1. The first-order valence-corrected chi connectivity index (χ1v) is 10.4. The maximum Gasteiger partial charge on any atom is 0.422 e. The zero-order chi connectivity index (χ0) is 25.9. The van der Waals surface area contributed by atoms with E-state index in [-0.39, 0.29) is 23.5 Å². The number of carbonyl (C=O) groups is 2. The molecule has 0 radical (unpaired) electrons. The van der Waals surface area contributed by atoms with Gasteiger partial charge in [-0.1, -0.05) is 64.9 Å². The molecule has 0 spiro atoms. The van der Waals surface area contributed by atoms with Crippen LogP contribution in [0.15, 0.2) is 63.6 Å². The minimum atomic E-state index is -4.81. The molecule has 0 fully saturated rings. The predicted molar refractivity (Wildman–Crippen MR) is 118 cm³/mol. The van der Waals surface area contributed by atoms with Gasteiger partial charge in [0.1, 0.15) is 11.3 Å². The molecule has 0 unspecified atom stereocenters. The molecule has 1 atom stereocenters. The largest absolute Gasteiger partial charge is 0.422 e. The normalized spacial score (nSPS) is 12.2. The zero-order valence-corrected chi connectivity index (χ0v) is 18.5. The van der Waals surface area contributed by atoms with Crippen LogP contribution in [0.2, 0.25) is 0 Å². The molecule has 0 aliphatic heterocycles. The van der Waals surface area contributed by atoms with Crippen LogP contribution in [0.4, 0.5) is 13.2 Å². The highest BCUT2D eigenvalue weighted by molar-refractivity contribution is 5.87. The van der Waals surface area contributed by atoms with Crippen LogP contribution in [0.25, 0.3) is 34.3 Å². The van der Waals surface area contributed by atoms with Gasteiger partial charge in [-0.25, -0.2) is 0 Å². The number of aliphatic hydroxyl groups excluding tert-OH is 1. The van der Waals surface area contributed by atoms with Crippen molar-refractivity contribution in [1.82, 2.24) is 25.9 Å². The second kappa shape index (κ2) is 10.00. The molecule has 0 bridgehead atoms. The molecule has 3 N–H and O–H groups in total. The Morgan fingerprint density at radius 1 is 1.00 bits per heavy atom. The molecule has 2 aromatic carbocycles. The van der Waals surface area contributed by atoms with Gasteiger partial charge in [-0.15, -0.1) is 0 Å². The summed E-state index contributed by atoms with van der Waals surface area (Å²) in [5, 5.41) is 22.1. The first-order chi connectivity index (χ1) is 17.2.